The lowest BCUT2D eigenvalue weighted by molar-refractivity contribution is -0.116. The number of para-hydroxylation sites is 1. The van der Waals surface area contributed by atoms with Crippen LogP contribution in [0.5, 0.6) is 5.75 Å². The van der Waals surface area contributed by atoms with Gasteiger partial charge in [-0.3, -0.25) is 10.2 Å². The van der Waals surface area contributed by atoms with E-state index in [0.717, 1.165) is 11.3 Å². The van der Waals surface area contributed by atoms with Crippen LogP contribution in [0.25, 0.3) is 6.08 Å². The summed E-state index contributed by atoms with van der Waals surface area (Å²) in [5.41, 5.74) is 6.73. The standard InChI is InChI=1S/C14H18N2O2/c1-14(2,3)18-12-7-5-4-6-10(12)8-11-9-15-16-13(11)17/h4-8,15H,9H2,1-3H3,(H,16,17)/b11-8+. The molecule has 1 aromatic rings. The monoisotopic (exact) mass is 246 g/mol. The molecule has 1 aliphatic heterocycles. The second kappa shape index (κ2) is 4.82. The molecule has 0 aromatic heterocycles. The van der Waals surface area contributed by atoms with Crippen LogP contribution in [0.1, 0.15) is 26.3 Å². The Kier molecular flexibility index (Phi) is 3.39. The number of hydrogen-bond acceptors (Lipinski definition) is 3. The molecule has 1 heterocycles. The molecule has 96 valence electrons. The van der Waals surface area contributed by atoms with Crippen molar-refractivity contribution in [3.63, 3.8) is 0 Å². The Morgan fingerprint density at radius 1 is 1.28 bits per heavy atom. The van der Waals surface area contributed by atoms with Gasteiger partial charge in [0.25, 0.3) is 5.91 Å². The fraction of sp³-hybridized carbons (Fsp3) is 0.357. The minimum atomic E-state index is -0.259. The predicted octanol–water partition coefficient (Wildman–Crippen LogP) is 1.88. The van der Waals surface area contributed by atoms with Crippen molar-refractivity contribution in [1.82, 2.24) is 10.9 Å². The molecule has 18 heavy (non-hydrogen) atoms. The number of rotatable bonds is 2. The summed E-state index contributed by atoms with van der Waals surface area (Å²) in [6, 6.07) is 7.72. The minimum Gasteiger partial charge on any atom is -0.488 e. The van der Waals surface area contributed by atoms with E-state index < -0.39 is 0 Å². The molecule has 1 fully saturated rings. The highest BCUT2D eigenvalue weighted by Gasteiger charge is 2.18. The molecule has 0 aliphatic carbocycles. The third-order valence-electron chi connectivity index (χ3n) is 2.44. The lowest BCUT2D eigenvalue weighted by Gasteiger charge is -2.22. The van der Waals surface area contributed by atoms with Crippen molar-refractivity contribution in [3.05, 3.63) is 35.4 Å². The average molecular weight is 246 g/mol. The van der Waals surface area contributed by atoms with Crippen molar-refractivity contribution in [1.29, 1.82) is 0 Å². The summed E-state index contributed by atoms with van der Waals surface area (Å²) in [4.78, 5) is 11.5. The molecule has 0 radical (unpaired) electrons. The molecule has 0 bridgehead atoms. The highest BCUT2D eigenvalue weighted by atomic mass is 16.5. The van der Waals surface area contributed by atoms with E-state index in [9.17, 15) is 4.79 Å². The number of hydrogen-bond donors (Lipinski definition) is 2. The third kappa shape index (κ3) is 3.11. The Bertz CT molecular complexity index is 487. The maximum Gasteiger partial charge on any atom is 0.262 e. The molecule has 2 rings (SSSR count). The lowest BCUT2D eigenvalue weighted by atomic mass is 10.1. The topological polar surface area (TPSA) is 50.4 Å². The van der Waals surface area contributed by atoms with Crippen LogP contribution in [-0.2, 0) is 4.79 Å². The molecule has 1 aromatic carbocycles. The third-order valence-corrected chi connectivity index (χ3v) is 2.44. The number of amides is 1. The van der Waals surface area contributed by atoms with E-state index in [-0.39, 0.29) is 11.5 Å². The summed E-state index contributed by atoms with van der Waals surface area (Å²) in [5.74, 6) is 0.706. The highest BCUT2D eigenvalue weighted by Crippen LogP contribution is 2.25. The van der Waals surface area contributed by atoms with Gasteiger partial charge in [-0.05, 0) is 32.9 Å². The molecule has 4 heteroatoms. The summed E-state index contributed by atoms with van der Waals surface area (Å²) >= 11 is 0. The first-order valence-electron chi connectivity index (χ1n) is 5.97. The first-order chi connectivity index (χ1) is 8.46. The molecule has 2 N–H and O–H groups in total. The summed E-state index contributed by atoms with van der Waals surface area (Å²) in [5, 5.41) is 0. The summed E-state index contributed by atoms with van der Waals surface area (Å²) in [6.45, 7) is 6.53. The number of hydrazine groups is 1. The fourth-order valence-corrected chi connectivity index (χ4v) is 1.71. The van der Waals surface area contributed by atoms with Gasteiger partial charge in [-0.15, -0.1) is 0 Å². The summed E-state index contributed by atoms with van der Waals surface area (Å²) in [7, 11) is 0. The van der Waals surface area contributed by atoms with Crippen LogP contribution in [0.15, 0.2) is 29.8 Å². The number of carbonyl (C=O) groups excluding carboxylic acids is 1. The predicted molar refractivity (Wildman–Crippen MR) is 70.9 cm³/mol. The van der Waals surface area contributed by atoms with Crippen LogP contribution >= 0.6 is 0 Å². The zero-order valence-corrected chi connectivity index (χ0v) is 10.9. The van der Waals surface area contributed by atoms with Crippen molar-refractivity contribution in [3.8, 4) is 5.75 Å². The molecule has 1 amide bonds. The number of ether oxygens (including phenoxy) is 1. The highest BCUT2D eigenvalue weighted by molar-refractivity contribution is 6.00. The Morgan fingerprint density at radius 3 is 2.61 bits per heavy atom. The van der Waals surface area contributed by atoms with Gasteiger partial charge < -0.3 is 4.74 Å². The molecular formula is C14H18N2O2. The Labute approximate surface area is 107 Å². The van der Waals surface area contributed by atoms with E-state index >= 15 is 0 Å². The lowest BCUT2D eigenvalue weighted by Crippen LogP contribution is -2.25. The van der Waals surface area contributed by atoms with Gasteiger partial charge in [-0.1, -0.05) is 18.2 Å². The van der Waals surface area contributed by atoms with Gasteiger partial charge in [-0.25, -0.2) is 5.43 Å². The van der Waals surface area contributed by atoms with Crippen molar-refractivity contribution < 1.29 is 9.53 Å². The summed E-state index contributed by atoms with van der Waals surface area (Å²) in [6.07, 6.45) is 1.86. The van der Waals surface area contributed by atoms with Crippen molar-refractivity contribution in [2.45, 2.75) is 26.4 Å². The average Bonchev–Trinajstić information content (AvgIpc) is 2.65. The quantitative estimate of drug-likeness (QED) is 0.783. The molecule has 1 saturated heterocycles. The Morgan fingerprint density at radius 2 is 2.00 bits per heavy atom. The van der Waals surface area contributed by atoms with Gasteiger partial charge in [0.1, 0.15) is 11.4 Å². The molecule has 0 atom stereocenters. The molecule has 0 saturated carbocycles. The molecular weight excluding hydrogens is 228 g/mol. The Hall–Kier alpha value is -1.81. The van der Waals surface area contributed by atoms with E-state index in [1.165, 1.54) is 0 Å². The zero-order chi connectivity index (χ0) is 13.2. The van der Waals surface area contributed by atoms with Crippen LogP contribution in [0, 0.1) is 0 Å². The van der Waals surface area contributed by atoms with Gasteiger partial charge in [-0.2, -0.15) is 0 Å². The zero-order valence-electron chi connectivity index (χ0n) is 10.9. The van der Waals surface area contributed by atoms with Gasteiger partial charge in [0.05, 0.1) is 0 Å². The maximum atomic E-state index is 11.5. The SMILES string of the molecule is CC(C)(C)Oc1ccccc1/C=C1\CNNC1=O. The van der Waals surface area contributed by atoms with Crippen molar-refractivity contribution >= 4 is 12.0 Å². The normalized spacial score (nSPS) is 17.9. The molecule has 0 spiro atoms. The van der Waals surface area contributed by atoms with E-state index in [1.54, 1.807) is 0 Å². The van der Waals surface area contributed by atoms with Gasteiger partial charge in [0, 0.05) is 17.7 Å². The first kappa shape index (κ1) is 12.6. The van der Waals surface area contributed by atoms with Gasteiger partial charge >= 0.3 is 0 Å². The van der Waals surface area contributed by atoms with E-state index in [1.807, 2.05) is 51.1 Å². The van der Waals surface area contributed by atoms with E-state index in [4.69, 9.17) is 4.74 Å². The van der Waals surface area contributed by atoms with E-state index in [0.29, 0.717) is 12.1 Å². The second-order valence-corrected chi connectivity index (χ2v) is 5.23. The van der Waals surface area contributed by atoms with Gasteiger partial charge in [0.15, 0.2) is 0 Å². The van der Waals surface area contributed by atoms with Crippen LogP contribution < -0.4 is 15.6 Å². The van der Waals surface area contributed by atoms with Gasteiger partial charge in [0.2, 0.25) is 0 Å². The van der Waals surface area contributed by atoms with Crippen LogP contribution in [-0.4, -0.2) is 18.1 Å². The smallest absolute Gasteiger partial charge is 0.262 e. The molecule has 0 unspecified atom stereocenters. The minimum absolute atomic E-state index is 0.0828. The number of benzene rings is 1. The maximum absolute atomic E-state index is 11.5. The van der Waals surface area contributed by atoms with E-state index in [2.05, 4.69) is 10.9 Å². The number of carbonyl (C=O) groups is 1. The van der Waals surface area contributed by atoms with Crippen LogP contribution in [0.2, 0.25) is 0 Å². The number of nitrogens with one attached hydrogen (secondary N) is 2. The van der Waals surface area contributed by atoms with Crippen LogP contribution in [0.4, 0.5) is 0 Å². The summed E-state index contributed by atoms with van der Waals surface area (Å²) < 4.78 is 5.88. The van der Waals surface area contributed by atoms with Crippen molar-refractivity contribution in [2.24, 2.45) is 0 Å². The molecule has 1 aliphatic rings. The first-order valence-corrected chi connectivity index (χ1v) is 5.97. The fourth-order valence-electron chi connectivity index (χ4n) is 1.71. The molecule has 4 nitrogen and oxygen atoms in total. The largest absolute Gasteiger partial charge is 0.488 e. The van der Waals surface area contributed by atoms with Crippen LogP contribution in [0.3, 0.4) is 0 Å². The van der Waals surface area contributed by atoms with Crippen molar-refractivity contribution in [2.75, 3.05) is 6.54 Å². The second-order valence-electron chi connectivity index (χ2n) is 5.23. The Balaban J connectivity index is 2.30.